The third kappa shape index (κ3) is 4.64. The molecule has 2 fully saturated rings. The summed E-state index contributed by atoms with van der Waals surface area (Å²) in [4.78, 5) is 14.3. The van der Waals surface area contributed by atoms with Gasteiger partial charge in [-0.1, -0.05) is 0 Å². The van der Waals surface area contributed by atoms with Gasteiger partial charge in [0, 0.05) is 38.5 Å². The second kappa shape index (κ2) is 8.06. The average Bonchev–Trinajstić information content (AvgIpc) is 2.56. The van der Waals surface area contributed by atoms with E-state index in [1.807, 2.05) is 0 Å². The van der Waals surface area contributed by atoms with Crippen LogP contribution in [-0.4, -0.2) is 53.8 Å². The Morgan fingerprint density at radius 3 is 2.74 bits per heavy atom. The smallest absolute Gasteiger partial charge is 0.225 e. The topological polar surface area (TPSA) is 41.5 Å². The first kappa shape index (κ1) is 16.7. The summed E-state index contributed by atoms with van der Waals surface area (Å²) in [6, 6.07) is 2.14. The standard InChI is InChI=1S/C18H30N4O/c1-3-23-17-8-7-9-21(14-17)13-16-12-15(2)19-18(20-16)22-10-5-4-6-11-22/h12,17H,3-11,13-14H2,1-2H3/t17-/m0/s1. The molecule has 1 aromatic heterocycles. The maximum atomic E-state index is 5.81. The highest BCUT2D eigenvalue weighted by atomic mass is 16.5. The molecule has 0 saturated carbocycles. The lowest BCUT2D eigenvalue weighted by molar-refractivity contribution is 0.00331. The van der Waals surface area contributed by atoms with Gasteiger partial charge in [0.15, 0.2) is 0 Å². The van der Waals surface area contributed by atoms with Crippen LogP contribution >= 0.6 is 0 Å². The largest absolute Gasteiger partial charge is 0.377 e. The molecular formula is C18H30N4O. The molecule has 1 aromatic rings. The number of hydrogen-bond acceptors (Lipinski definition) is 5. The van der Waals surface area contributed by atoms with Crippen LogP contribution in [0.25, 0.3) is 0 Å². The second-order valence-corrected chi connectivity index (χ2v) is 6.80. The number of hydrogen-bond donors (Lipinski definition) is 0. The summed E-state index contributed by atoms with van der Waals surface area (Å²) >= 11 is 0. The van der Waals surface area contributed by atoms with Crippen LogP contribution in [-0.2, 0) is 11.3 Å². The fourth-order valence-electron chi connectivity index (χ4n) is 3.69. The van der Waals surface area contributed by atoms with E-state index in [9.17, 15) is 0 Å². The van der Waals surface area contributed by atoms with Crippen molar-refractivity contribution in [3.8, 4) is 0 Å². The van der Waals surface area contributed by atoms with Gasteiger partial charge in [0.25, 0.3) is 0 Å². The molecule has 1 atom stereocenters. The van der Waals surface area contributed by atoms with Crippen molar-refractivity contribution in [1.82, 2.24) is 14.9 Å². The van der Waals surface area contributed by atoms with Crippen molar-refractivity contribution in [2.45, 2.75) is 58.6 Å². The minimum atomic E-state index is 0.387. The third-order valence-electron chi connectivity index (χ3n) is 4.78. The molecule has 0 aliphatic carbocycles. The van der Waals surface area contributed by atoms with Crippen molar-refractivity contribution >= 4 is 5.95 Å². The highest BCUT2D eigenvalue weighted by Gasteiger charge is 2.21. The predicted molar refractivity (Wildman–Crippen MR) is 92.8 cm³/mol. The molecule has 128 valence electrons. The number of piperidine rings is 2. The molecule has 2 aliphatic heterocycles. The van der Waals surface area contributed by atoms with E-state index in [0.29, 0.717) is 6.10 Å². The number of anilines is 1. The summed E-state index contributed by atoms with van der Waals surface area (Å²) in [6.45, 7) is 10.2. The maximum absolute atomic E-state index is 5.81. The number of nitrogens with zero attached hydrogens (tertiary/aromatic N) is 4. The van der Waals surface area contributed by atoms with Crippen LogP contribution in [0, 0.1) is 6.92 Å². The van der Waals surface area contributed by atoms with Crippen LogP contribution < -0.4 is 4.90 Å². The van der Waals surface area contributed by atoms with Crippen LogP contribution in [0.3, 0.4) is 0 Å². The zero-order chi connectivity index (χ0) is 16.1. The zero-order valence-electron chi connectivity index (χ0n) is 14.6. The Morgan fingerprint density at radius 1 is 1.13 bits per heavy atom. The zero-order valence-corrected chi connectivity index (χ0v) is 14.6. The molecule has 0 radical (unpaired) electrons. The first-order valence-corrected chi connectivity index (χ1v) is 9.18. The van der Waals surface area contributed by atoms with Crippen LogP contribution in [0.4, 0.5) is 5.95 Å². The Hall–Kier alpha value is -1.20. The van der Waals surface area contributed by atoms with Crippen molar-refractivity contribution in [2.75, 3.05) is 37.7 Å². The van der Waals surface area contributed by atoms with Gasteiger partial charge in [-0.2, -0.15) is 0 Å². The summed E-state index contributed by atoms with van der Waals surface area (Å²) < 4.78 is 5.81. The van der Waals surface area contributed by atoms with Crippen molar-refractivity contribution < 1.29 is 4.74 Å². The predicted octanol–water partition coefficient (Wildman–Crippen LogP) is 2.78. The summed E-state index contributed by atoms with van der Waals surface area (Å²) in [5.74, 6) is 0.929. The minimum absolute atomic E-state index is 0.387. The highest BCUT2D eigenvalue weighted by Crippen LogP contribution is 2.19. The van der Waals surface area contributed by atoms with Gasteiger partial charge in [-0.25, -0.2) is 9.97 Å². The van der Waals surface area contributed by atoms with Crippen LogP contribution in [0.2, 0.25) is 0 Å². The van der Waals surface area contributed by atoms with Crippen LogP contribution in [0.5, 0.6) is 0 Å². The maximum Gasteiger partial charge on any atom is 0.225 e. The van der Waals surface area contributed by atoms with Crippen LogP contribution in [0.1, 0.15) is 50.4 Å². The lowest BCUT2D eigenvalue weighted by atomic mass is 10.1. The van der Waals surface area contributed by atoms with Gasteiger partial charge >= 0.3 is 0 Å². The molecule has 5 nitrogen and oxygen atoms in total. The van der Waals surface area contributed by atoms with E-state index in [4.69, 9.17) is 9.72 Å². The first-order valence-electron chi connectivity index (χ1n) is 9.18. The van der Waals surface area contributed by atoms with E-state index in [1.54, 1.807) is 0 Å². The normalized spacial score (nSPS) is 23.2. The summed E-state index contributed by atoms with van der Waals surface area (Å²) in [7, 11) is 0. The lowest BCUT2D eigenvalue weighted by Crippen LogP contribution is -2.39. The highest BCUT2D eigenvalue weighted by molar-refractivity contribution is 5.32. The van der Waals surface area contributed by atoms with Crippen molar-refractivity contribution in [1.29, 1.82) is 0 Å². The number of aryl methyl sites for hydroxylation is 1. The Kier molecular flexibility index (Phi) is 5.84. The van der Waals surface area contributed by atoms with E-state index in [-0.39, 0.29) is 0 Å². The van der Waals surface area contributed by atoms with Crippen molar-refractivity contribution in [3.05, 3.63) is 17.5 Å². The van der Waals surface area contributed by atoms with Gasteiger partial charge < -0.3 is 9.64 Å². The fourth-order valence-corrected chi connectivity index (χ4v) is 3.69. The Morgan fingerprint density at radius 2 is 1.96 bits per heavy atom. The molecule has 0 spiro atoms. The second-order valence-electron chi connectivity index (χ2n) is 6.80. The quantitative estimate of drug-likeness (QED) is 0.835. The number of likely N-dealkylation sites (tertiary alicyclic amines) is 1. The fraction of sp³-hybridized carbons (Fsp3) is 0.778. The molecule has 2 aliphatic rings. The molecule has 0 unspecified atom stereocenters. The molecule has 0 aromatic carbocycles. The van der Waals surface area contributed by atoms with E-state index in [1.165, 1.54) is 32.1 Å². The summed E-state index contributed by atoms with van der Waals surface area (Å²) in [5.41, 5.74) is 2.23. The molecule has 2 saturated heterocycles. The van der Waals surface area contributed by atoms with Crippen molar-refractivity contribution in [2.24, 2.45) is 0 Å². The number of rotatable bonds is 5. The minimum Gasteiger partial charge on any atom is -0.377 e. The van der Waals surface area contributed by atoms with Gasteiger partial charge in [-0.05, 0) is 58.6 Å². The van der Waals surface area contributed by atoms with E-state index >= 15 is 0 Å². The van der Waals surface area contributed by atoms with Crippen LogP contribution in [0.15, 0.2) is 6.07 Å². The summed E-state index contributed by atoms with van der Waals surface area (Å²) in [5, 5.41) is 0. The van der Waals surface area contributed by atoms with Crippen molar-refractivity contribution in [3.63, 3.8) is 0 Å². The molecule has 0 N–H and O–H groups in total. The molecule has 3 heterocycles. The molecular weight excluding hydrogens is 288 g/mol. The Labute approximate surface area is 140 Å². The lowest BCUT2D eigenvalue weighted by Gasteiger charge is -2.32. The van der Waals surface area contributed by atoms with E-state index in [0.717, 1.165) is 56.7 Å². The first-order chi connectivity index (χ1) is 11.2. The van der Waals surface area contributed by atoms with E-state index in [2.05, 4.69) is 34.7 Å². The van der Waals surface area contributed by atoms with Gasteiger partial charge in [-0.3, -0.25) is 4.90 Å². The Bertz CT molecular complexity index is 500. The Balaban J connectivity index is 1.66. The monoisotopic (exact) mass is 318 g/mol. The van der Waals surface area contributed by atoms with Gasteiger partial charge in [0.05, 0.1) is 11.8 Å². The molecule has 23 heavy (non-hydrogen) atoms. The molecule has 5 heteroatoms. The molecule has 0 bridgehead atoms. The average molecular weight is 318 g/mol. The molecule has 0 amide bonds. The van der Waals surface area contributed by atoms with Gasteiger partial charge in [0.2, 0.25) is 5.95 Å². The number of ether oxygens (including phenoxy) is 1. The van der Waals surface area contributed by atoms with E-state index < -0.39 is 0 Å². The molecule has 3 rings (SSSR count). The third-order valence-corrected chi connectivity index (χ3v) is 4.78. The number of aromatic nitrogens is 2. The summed E-state index contributed by atoms with van der Waals surface area (Å²) in [6.07, 6.45) is 6.64. The SMILES string of the molecule is CCO[C@H]1CCCN(Cc2cc(C)nc(N3CCCCC3)n2)C1. The van der Waals surface area contributed by atoms with Gasteiger partial charge in [0.1, 0.15) is 0 Å². The van der Waals surface area contributed by atoms with Gasteiger partial charge in [-0.15, -0.1) is 0 Å².